The largest absolute Gasteiger partial charge is 0.507 e. The van der Waals surface area contributed by atoms with Gasteiger partial charge < -0.3 is 20.1 Å². The average molecular weight is 458 g/mol. The normalized spacial score (nSPS) is 20.1. The number of hydrogen-bond donors (Lipinski definition) is 3. The molecule has 2 atom stereocenters. The number of rotatable bonds is 2. The molecule has 1 saturated heterocycles. The minimum Gasteiger partial charge on any atom is -0.507 e. The van der Waals surface area contributed by atoms with Crippen LogP contribution in [0.5, 0.6) is 5.75 Å². The molecule has 0 spiro atoms. The van der Waals surface area contributed by atoms with Crippen molar-refractivity contribution in [3.63, 3.8) is 0 Å². The van der Waals surface area contributed by atoms with Crippen LogP contribution in [0, 0.1) is 6.92 Å². The summed E-state index contributed by atoms with van der Waals surface area (Å²) in [6.07, 6.45) is 1.55. The third kappa shape index (κ3) is 3.91. The van der Waals surface area contributed by atoms with Gasteiger partial charge in [0, 0.05) is 28.8 Å². The molecule has 4 aromatic rings. The molecule has 0 saturated carbocycles. The molecule has 1 aliphatic heterocycles. The molecule has 0 amide bonds. The van der Waals surface area contributed by atoms with E-state index < -0.39 is 11.7 Å². The standard InChI is InChI=1S/C21H22FN5OS.CH2O2/c1-11-24-15-10-17(28)13(9-18(15)29-11)14-8-12-5-7-27(20(12)26-25-14)16-4-6-23-21(2,3)19(16)22;2-1-3/h5,7-10,16,19,23,28H,4,6H2,1-3H3;1H,(H,2,3)/t16-,19-;/m1./s1. The van der Waals surface area contributed by atoms with Crippen molar-refractivity contribution in [1.82, 2.24) is 25.1 Å². The summed E-state index contributed by atoms with van der Waals surface area (Å²) in [5.41, 5.74) is 2.06. The van der Waals surface area contributed by atoms with Gasteiger partial charge in [0.15, 0.2) is 5.65 Å². The Bertz CT molecular complexity index is 1290. The first-order chi connectivity index (χ1) is 15.2. The second-order valence-electron chi connectivity index (χ2n) is 8.31. The summed E-state index contributed by atoms with van der Waals surface area (Å²) in [6.45, 7) is 6.22. The highest BCUT2D eigenvalue weighted by Gasteiger charge is 2.40. The van der Waals surface area contributed by atoms with Crippen LogP contribution in [0.15, 0.2) is 30.5 Å². The number of carboxylic acid groups (broad SMARTS) is 1. The summed E-state index contributed by atoms with van der Waals surface area (Å²) >= 11 is 1.57. The lowest BCUT2D eigenvalue weighted by Crippen LogP contribution is -2.55. The number of fused-ring (bicyclic) bond motifs is 2. The maximum Gasteiger partial charge on any atom is 0.290 e. The number of hydrogen-bond acceptors (Lipinski definition) is 7. The molecule has 0 radical (unpaired) electrons. The Morgan fingerprint density at radius 1 is 1.31 bits per heavy atom. The summed E-state index contributed by atoms with van der Waals surface area (Å²) in [5, 5.41) is 31.2. The van der Waals surface area contributed by atoms with E-state index >= 15 is 4.39 Å². The molecule has 1 aliphatic rings. The molecule has 168 valence electrons. The quantitative estimate of drug-likeness (QED) is 0.389. The second kappa shape index (κ2) is 8.44. The average Bonchev–Trinajstić information content (AvgIpc) is 3.31. The van der Waals surface area contributed by atoms with E-state index in [0.29, 0.717) is 23.3 Å². The number of nitrogens with one attached hydrogen (secondary N) is 1. The van der Waals surface area contributed by atoms with Crippen LogP contribution in [0.2, 0.25) is 0 Å². The van der Waals surface area contributed by atoms with Gasteiger partial charge in [0.05, 0.1) is 27.0 Å². The Kier molecular flexibility index (Phi) is 5.83. The van der Waals surface area contributed by atoms with Crippen LogP contribution in [0.25, 0.3) is 32.5 Å². The number of piperidine rings is 1. The third-order valence-corrected chi connectivity index (χ3v) is 6.69. The van der Waals surface area contributed by atoms with E-state index in [1.54, 1.807) is 17.4 Å². The van der Waals surface area contributed by atoms with E-state index in [1.165, 1.54) is 0 Å². The van der Waals surface area contributed by atoms with Gasteiger partial charge in [-0.15, -0.1) is 21.5 Å². The third-order valence-electron chi connectivity index (χ3n) is 5.76. The van der Waals surface area contributed by atoms with Gasteiger partial charge in [-0.05, 0) is 51.9 Å². The first-order valence-electron chi connectivity index (χ1n) is 10.2. The van der Waals surface area contributed by atoms with E-state index in [2.05, 4.69) is 20.5 Å². The van der Waals surface area contributed by atoms with E-state index in [4.69, 9.17) is 9.90 Å². The molecule has 0 bridgehead atoms. The monoisotopic (exact) mass is 457 g/mol. The molecule has 0 aliphatic carbocycles. The minimum absolute atomic E-state index is 0.125. The van der Waals surface area contributed by atoms with Gasteiger partial charge in [-0.1, -0.05) is 0 Å². The van der Waals surface area contributed by atoms with Crippen molar-refractivity contribution < 1.29 is 19.4 Å². The number of nitrogens with zero attached hydrogens (tertiary/aromatic N) is 4. The summed E-state index contributed by atoms with van der Waals surface area (Å²) in [7, 11) is 0. The van der Waals surface area contributed by atoms with Gasteiger partial charge in [-0.25, -0.2) is 9.37 Å². The van der Waals surface area contributed by atoms with Crippen LogP contribution in [-0.2, 0) is 4.79 Å². The van der Waals surface area contributed by atoms with E-state index in [1.807, 2.05) is 49.7 Å². The van der Waals surface area contributed by atoms with Gasteiger partial charge >= 0.3 is 0 Å². The molecule has 10 heteroatoms. The summed E-state index contributed by atoms with van der Waals surface area (Å²) < 4.78 is 18.0. The SMILES string of the molecule is Cc1nc2cc(O)c(-c3cc4ccn([C@@H]5CCNC(C)(C)[C@@H]5F)c4nn3)cc2s1.O=CO. The molecule has 8 nitrogen and oxygen atoms in total. The fourth-order valence-electron chi connectivity index (χ4n) is 4.18. The van der Waals surface area contributed by atoms with Crippen LogP contribution in [-0.4, -0.2) is 54.7 Å². The molecule has 1 aromatic carbocycles. The van der Waals surface area contributed by atoms with Gasteiger partial charge in [-0.2, -0.15) is 0 Å². The van der Waals surface area contributed by atoms with Gasteiger partial charge in [-0.3, -0.25) is 4.79 Å². The highest BCUT2D eigenvalue weighted by Crippen LogP contribution is 2.37. The Labute approximate surface area is 187 Å². The van der Waals surface area contributed by atoms with Crippen LogP contribution in [0.4, 0.5) is 4.39 Å². The smallest absolute Gasteiger partial charge is 0.290 e. The van der Waals surface area contributed by atoms with E-state index in [9.17, 15) is 5.11 Å². The maximum atomic E-state index is 15.1. The van der Waals surface area contributed by atoms with Crippen LogP contribution in [0.3, 0.4) is 0 Å². The van der Waals surface area contributed by atoms with Crippen molar-refractivity contribution in [3.05, 3.63) is 35.5 Å². The number of carbonyl (C=O) groups is 1. The molecular weight excluding hydrogens is 433 g/mol. The Morgan fingerprint density at radius 2 is 2.06 bits per heavy atom. The molecule has 1 fully saturated rings. The van der Waals surface area contributed by atoms with Crippen molar-refractivity contribution in [3.8, 4) is 17.0 Å². The van der Waals surface area contributed by atoms with Crippen molar-refractivity contribution in [2.45, 2.75) is 44.9 Å². The molecule has 3 aromatic heterocycles. The van der Waals surface area contributed by atoms with E-state index in [-0.39, 0.29) is 18.3 Å². The van der Waals surface area contributed by atoms with Gasteiger partial charge in [0.2, 0.25) is 0 Å². The predicted octanol–water partition coefficient (Wildman–Crippen LogP) is 4.07. The zero-order valence-corrected chi connectivity index (χ0v) is 18.7. The summed E-state index contributed by atoms with van der Waals surface area (Å²) in [5.74, 6) is 0.125. The first kappa shape index (κ1) is 22.1. The molecule has 5 rings (SSSR count). The lowest BCUT2D eigenvalue weighted by molar-refractivity contribution is -0.122. The number of thiazole rings is 1. The summed E-state index contributed by atoms with van der Waals surface area (Å²) in [4.78, 5) is 12.8. The second-order valence-corrected chi connectivity index (χ2v) is 9.55. The number of benzene rings is 1. The number of aryl methyl sites for hydroxylation is 1. The topological polar surface area (TPSA) is 113 Å². The van der Waals surface area contributed by atoms with Crippen molar-refractivity contribution >= 4 is 39.1 Å². The highest BCUT2D eigenvalue weighted by atomic mass is 32.1. The lowest BCUT2D eigenvalue weighted by atomic mass is 9.87. The number of aromatic hydroxyl groups is 1. The number of halogens is 1. The molecular formula is C22H24FN5O3S. The van der Waals surface area contributed by atoms with Crippen molar-refractivity contribution in [2.24, 2.45) is 0 Å². The zero-order chi connectivity index (χ0) is 23.0. The fraction of sp³-hybridized carbons (Fsp3) is 0.364. The highest BCUT2D eigenvalue weighted by molar-refractivity contribution is 7.18. The Morgan fingerprint density at radius 3 is 2.81 bits per heavy atom. The van der Waals surface area contributed by atoms with Crippen molar-refractivity contribution in [1.29, 1.82) is 0 Å². The predicted molar refractivity (Wildman–Crippen MR) is 122 cm³/mol. The van der Waals surface area contributed by atoms with Crippen molar-refractivity contribution in [2.75, 3.05) is 6.54 Å². The first-order valence-corrected chi connectivity index (χ1v) is 11.0. The molecule has 3 N–H and O–H groups in total. The minimum atomic E-state index is -1.03. The number of phenolic OH excluding ortho intramolecular Hbond substituents is 1. The van der Waals surface area contributed by atoms with Crippen LogP contribution < -0.4 is 5.32 Å². The number of phenols is 1. The Balaban J connectivity index is 0.000000775. The van der Waals surface area contributed by atoms with Gasteiger partial charge in [0.25, 0.3) is 6.47 Å². The van der Waals surface area contributed by atoms with E-state index in [0.717, 1.165) is 27.2 Å². The maximum absolute atomic E-state index is 15.1. The fourth-order valence-corrected chi connectivity index (χ4v) is 5.03. The number of aromatic nitrogens is 4. The lowest BCUT2D eigenvalue weighted by Gasteiger charge is -2.40. The molecule has 32 heavy (non-hydrogen) atoms. The van der Waals surface area contributed by atoms with Crippen LogP contribution >= 0.6 is 11.3 Å². The van der Waals surface area contributed by atoms with Gasteiger partial charge in [0.1, 0.15) is 11.9 Å². The summed E-state index contributed by atoms with van der Waals surface area (Å²) in [6, 6.07) is 7.11. The zero-order valence-electron chi connectivity index (χ0n) is 17.9. The van der Waals surface area contributed by atoms with Crippen LogP contribution in [0.1, 0.15) is 31.3 Å². The molecule has 0 unspecified atom stereocenters. The Hall–Kier alpha value is -3.11. The number of alkyl halides is 1. The molecule has 4 heterocycles.